The third-order valence-corrected chi connectivity index (χ3v) is 1.88. The lowest BCUT2D eigenvalue weighted by Crippen LogP contribution is -1.90. The Labute approximate surface area is 92.6 Å². The minimum absolute atomic E-state index is 0.0827. The molecule has 15 heavy (non-hydrogen) atoms. The molecule has 4 heteroatoms. The Kier molecular flexibility index (Phi) is 4.02. The monoisotopic (exact) mass is 224 g/mol. The smallest absolute Gasteiger partial charge is 0.173 e. The average molecular weight is 225 g/mol. The predicted molar refractivity (Wildman–Crippen MR) is 57.6 cm³/mol. The van der Waals surface area contributed by atoms with Crippen molar-refractivity contribution in [3.63, 3.8) is 0 Å². The molecule has 0 radical (unpaired) electrons. The van der Waals surface area contributed by atoms with E-state index in [0.29, 0.717) is 17.4 Å². The fraction of sp³-hybridized carbons (Fsp3) is 0.182. The first-order chi connectivity index (χ1) is 7.22. The van der Waals surface area contributed by atoms with Crippen molar-refractivity contribution in [2.45, 2.75) is 0 Å². The summed E-state index contributed by atoms with van der Waals surface area (Å²) in [4.78, 5) is 10.6. The van der Waals surface area contributed by atoms with Crippen LogP contribution in [0.4, 0.5) is 0 Å². The van der Waals surface area contributed by atoms with Crippen molar-refractivity contribution in [3.05, 3.63) is 23.3 Å². The Morgan fingerprint density at radius 1 is 1.60 bits per heavy atom. The summed E-state index contributed by atoms with van der Waals surface area (Å²) in [5.41, 5.74) is 0.723. The summed E-state index contributed by atoms with van der Waals surface area (Å²) in [5, 5.41) is 9.65. The molecule has 1 aromatic rings. The normalized spacial score (nSPS) is 8.93. The van der Waals surface area contributed by atoms with Crippen LogP contribution in [0.25, 0.3) is 0 Å². The SMILES string of the molecule is COc1cc(C=O)cc(C#CCCl)c1O. The molecule has 0 amide bonds. The van der Waals surface area contributed by atoms with E-state index in [1.807, 2.05) is 0 Å². The molecule has 0 aliphatic heterocycles. The van der Waals surface area contributed by atoms with Gasteiger partial charge in [-0.05, 0) is 12.1 Å². The number of rotatable bonds is 2. The number of benzene rings is 1. The second-order valence-electron chi connectivity index (χ2n) is 2.67. The minimum Gasteiger partial charge on any atom is -0.503 e. The van der Waals surface area contributed by atoms with Gasteiger partial charge in [0.15, 0.2) is 11.5 Å². The number of carbonyl (C=O) groups excluding carboxylic acids is 1. The van der Waals surface area contributed by atoms with Gasteiger partial charge in [-0.15, -0.1) is 11.6 Å². The number of methoxy groups -OCH3 is 1. The van der Waals surface area contributed by atoms with E-state index < -0.39 is 0 Å². The molecule has 0 saturated heterocycles. The average Bonchev–Trinajstić information content (AvgIpc) is 2.27. The van der Waals surface area contributed by atoms with E-state index in [-0.39, 0.29) is 17.4 Å². The first kappa shape index (κ1) is 11.4. The summed E-state index contributed by atoms with van der Waals surface area (Å²) in [6, 6.07) is 2.92. The lowest BCUT2D eigenvalue weighted by Gasteiger charge is -2.05. The van der Waals surface area contributed by atoms with Crippen LogP contribution in [0.2, 0.25) is 0 Å². The lowest BCUT2D eigenvalue weighted by atomic mass is 10.1. The number of aromatic hydroxyl groups is 1. The fourth-order valence-electron chi connectivity index (χ4n) is 1.08. The Morgan fingerprint density at radius 2 is 2.33 bits per heavy atom. The number of phenolic OH excluding ortho intramolecular Hbond substituents is 1. The predicted octanol–water partition coefficient (Wildman–Crippen LogP) is 1.80. The van der Waals surface area contributed by atoms with Crippen molar-refractivity contribution >= 4 is 17.9 Å². The summed E-state index contributed by atoms with van der Waals surface area (Å²) in [5.74, 6) is 5.53. The molecule has 3 nitrogen and oxygen atoms in total. The largest absolute Gasteiger partial charge is 0.503 e. The number of hydrogen-bond donors (Lipinski definition) is 1. The lowest BCUT2D eigenvalue weighted by molar-refractivity contribution is 0.112. The van der Waals surface area contributed by atoms with Crippen LogP contribution < -0.4 is 4.74 Å². The number of ether oxygens (including phenoxy) is 1. The van der Waals surface area contributed by atoms with Crippen molar-refractivity contribution in [2.24, 2.45) is 0 Å². The highest BCUT2D eigenvalue weighted by molar-refractivity contribution is 6.19. The van der Waals surface area contributed by atoms with Gasteiger partial charge in [-0.2, -0.15) is 0 Å². The molecule has 0 bridgehead atoms. The van der Waals surface area contributed by atoms with Gasteiger partial charge in [0.1, 0.15) is 6.29 Å². The van der Waals surface area contributed by atoms with Gasteiger partial charge in [-0.25, -0.2) is 0 Å². The molecule has 0 spiro atoms. The Balaban J connectivity index is 3.29. The van der Waals surface area contributed by atoms with Crippen LogP contribution in [-0.2, 0) is 0 Å². The maximum absolute atomic E-state index is 10.6. The van der Waals surface area contributed by atoms with Crippen LogP contribution in [0.3, 0.4) is 0 Å². The number of halogens is 1. The van der Waals surface area contributed by atoms with Gasteiger partial charge in [-0.3, -0.25) is 4.79 Å². The number of carbonyl (C=O) groups is 1. The van der Waals surface area contributed by atoms with Crippen LogP contribution in [0, 0.1) is 11.8 Å². The fourth-order valence-corrected chi connectivity index (χ4v) is 1.14. The van der Waals surface area contributed by atoms with E-state index in [4.69, 9.17) is 16.3 Å². The zero-order valence-electron chi connectivity index (χ0n) is 8.08. The van der Waals surface area contributed by atoms with Crippen molar-refractivity contribution in [1.82, 2.24) is 0 Å². The molecule has 0 aliphatic carbocycles. The van der Waals surface area contributed by atoms with Gasteiger partial charge in [0, 0.05) is 5.56 Å². The maximum atomic E-state index is 10.6. The van der Waals surface area contributed by atoms with E-state index >= 15 is 0 Å². The number of aldehydes is 1. The van der Waals surface area contributed by atoms with E-state index in [1.165, 1.54) is 19.2 Å². The van der Waals surface area contributed by atoms with E-state index in [1.54, 1.807) is 0 Å². The topological polar surface area (TPSA) is 46.5 Å². The van der Waals surface area contributed by atoms with Gasteiger partial charge in [0.2, 0.25) is 0 Å². The van der Waals surface area contributed by atoms with Gasteiger partial charge >= 0.3 is 0 Å². The van der Waals surface area contributed by atoms with Crippen molar-refractivity contribution < 1.29 is 14.6 Å². The Hall–Kier alpha value is -1.66. The third kappa shape index (κ3) is 2.64. The second-order valence-corrected chi connectivity index (χ2v) is 2.94. The minimum atomic E-state index is -0.0827. The second kappa shape index (κ2) is 5.28. The molecular weight excluding hydrogens is 216 g/mol. The number of phenols is 1. The van der Waals surface area contributed by atoms with Crippen molar-refractivity contribution in [1.29, 1.82) is 0 Å². The van der Waals surface area contributed by atoms with Gasteiger partial charge in [0.05, 0.1) is 18.6 Å². The zero-order chi connectivity index (χ0) is 11.3. The van der Waals surface area contributed by atoms with Gasteiger partial charge in [-0.1, -0.05) is 11.8 Å². The van der Waals surface area contributed by atoms with Gasteiger partial charge in [0.25, 0.3) is 0 Å². The third-order valence-electron chi connectivity index (χ3n) is 1.74. The van der Waals surface area contributed by atoms with Crippen LogP contribution >= 0.6 is 11.6 Å². The molecule has 78 valence electrons. The zero-order valence-corrected chi connectivity index (χ0v) is 8.84. The summed E-state index contributed by atoms with van der Waals surface area (Å²) < 4.78 is 4.90. The highest BCUT2D eigenvalue weighted by atomic mass is 35.5. The number of hydrogen-bond acceptors (Lipinski definition) is 3. The highest BCUT2D eigenvalue weighted by Crippen LogP contribution is 2.30. The maximum Gasteiger partial charge on any atom is 0.173 e. The molecule has 0 heterocycles. The van der Waals surface area contributed by atoms with Crippen LogP contribution in [0.15, 0.2) is 12.1 Å². The van der Waals surface area contributed by atoms with Crippen molar-refractivity contribution in [2.75, 3.05) is 13.0 Å². The summed E-state index contributed by atoms with van der Waals surface area (Å²) in [7, 11) is 1.41. The molecule has 1 N–H and O–H groups in total. The Bertz CT molecular complexity index is 429. The highest BCUT2D eigenvalue weighted by Gasteiger charge is 2.08. The molecule has 1 rings (SSSR count). The summed E-state index contributed by atoms with van der Waals surface area (Å²) >= 11 is 5.40. The van der Waals surface area contributed by atoms with Crippen LogP contribution in [0.1, 0.15) is 15.9 Å². The first-order valence-corrected chi connectivity index (χ1v) is 4.67. The van der Waals surface area contributed by atoms with Crippen LogP contribution in [-0.4, -0.2) is 24.4 Å². The quantitative estimate of drug-likeness (QED) is 0.473. The molecule has 0 unspecified atom stereocenters. The Morgan fingerprint density at radius 3 is 2.87 bits per heavy atom. The summed E-state index contributed by atoms with van der Waals surface area (Å²) in [6.07, 6.45) is 0.661. The molecule has 0 aromatic heterocycles. The molecule has 0 fully saturated rings. The van der Waals surface area contributed by atoms with Gasteiger partial charge < -0.3 is 9.84 Å². The molecular formula is C11H9ClO3. The van der Waals surface area contributed by atoms with E-state index in [9.17, 15) is 9.90 Å². The van der Waals surface area contributed by atoms with E-state index in [0.717, 1.165) is 0 Å². The molecule has 0 atom stereocenters. The molecule has 0 aliphatic rings. The number of alkyl halides is 1. The molecule has 0 saturated carbocycles. The summed E-state index contributed by atoms with van der Waals surface area (Å²) in [6.45, 7) is 0. The van der Waals surface area contributed by atoms with E-state index in [2.05, 4.69) is 11.8 Å². The standard InChI is InChI=1S/C11H9ClO3/c1-15-10-6-8(7-13)5-9(11(10)14)3-2-4-12/h5-7,14H,4H2,1H3. The molecule has 1 aromatic carbocycles. The van der Waals surface area contributed by atoms with Crippen LogP contribution in [0.5, 0.6) is 11.5 Å². The van der Waals surface area contributed by atoms with Crippen molar-refractivity contribution in [3.8, 4) is 23.3 Å². The first-order valence-electron chi connectivity index (χ1n) is 4.14.